The highest BCUT2D eigenvalue weighted by Gasteiger charge is 2.07. The fraction of sp³-hybridized carbons (Fsp3) is 0.0909. The Morgan fingerprint density at radius 3 is 2.94 bits per heavy atom. The lowest BCUT2D eigenvalue weighted by Gasteiger charge is -2.03. The van der Waals surface area contributed by atoms with Crippen molar-refractivity contribution in [2.75, 3.05) is 0 Å². The number of hydrogen-bond donors (Lipinski definition) is 3. The number of H-pyrrole nitrogens is 1. The maximum absolute atomic E-state index is 10.6. The van der Waals surface area contributed by atoms with E-state index in [9.17, 15) is 9.90 Å². The van der Waals surface area contributed by atoms with Crippen molar-refractivity contribution in [2.24, 2.45) is 0 Å². The number of carboxylic acid groups (broad SMARTS) is 1. The van der Waals surface area contributed by atoms with E-state index >= 15 is 0 Å². The maximum atomic E-state index is 10.6. The van der Waals surface area contributed by atoms with E-state index in [4.69, 9.17) is 9.84 Å². The number of aromatic hydroxyl groups is 1. The second-order valence-electron chi connectivity index (χ2n) is 3.33. The summed E-state index contributed by atoms with van der Waals surface area (Å²) < 4.78 is 5.32. The van der Waals surface area contributed by atoms with E-state index in [1.807, 2.05) is 0 Å². The number of carbonyl (C=O) groups is 1. The number of imidazole rings is 1. The van der Waals surface area contributed by atoms with Crippen LogP contribution in [0, 0.1) is 0 Å². The Hall–Kier alpha value is -2.50. The minimum absolute atomic E-state index is 0.0134. The summed E-state index contributed by atoms with van der Waals surface area (Å²) in [6, 6.07) is 6.32. The number of aromatic amines is 1. The number of carboxylic acids is 1. The molecule has 6 heteroatoms. The number of benzene rings is 1. The number of aromatic carboxylic acids is 1. The third kappa shape index (κ3) is 2.75. The third-order valence-corrected chi connectivity index (χ3v) is 2.05. The fourth-order valence-corrected chi connectivity index (χ4v) is 1.27. The van der Waals surface area contributed by atoms with Crippen LogP contribution in [0.4, 0.5) is 0 Å². The highest BCUT2D eigenvalue weighted by molar-refractivity contribution is 5.84. The third-order valence-electron chi connectivity index (χ3n) is 2.05. The molecule has 1 aromatic carbocycles. The van der Waals surface area contributed by atoms with Gasteiger partial charge in [-0.3, -0.25) is 0 Å². The summed E-state index contributed by atoms with van der Waals surface area (Å²) in [7, 11) is 0. The quantitative estimate of drug-likeness (QED) is 0.743. The molecule has 0 atom stereocenters. The molecule has 0 radical (unpaired) electrons. The Morgan fingerprint density at radius 1 is 1.47 bits per heavy atom. The molecule has 1 aromatic heterocycles. The van der Waals surface area contributed by atoms with E-state index in [0.717, 1.165) is 0 Å². The first-order valence-electron chi connectivity index (χ1n) is 4.84. The minimum atomic E-state index is -1.07. The van der Waals surface area contributed by atoms with Gasteiger partial charge in [0, 0.05) is 6.07 Å². The van der Waals surface area contributed by atoms with Crippen LogP contribution in [0.1, 0.15) is 16.3 Å². The Balaban J connectivity index is 2.00. The van der Waals surface area contributed by atoms with Crippen LogP contribution in [0.15, 0.2) is 30.5 Å². The molecule has 0 aliphatic heterocycles. The van der Waals surface area contributed by atoms with Crippen molar-refractivity contribution in [3.8, 4) is 11.5 Å². The lowest BCUT2D eigenvalue weighted by Crippen LogP contribution is -2.00. The van der Waals surface area contributed by atoms with Crippen LogP contribution in [0.3, 0.4) is 0 Å². The molecule has 0 aliphatic carbocycles. The molecule has 0 saturated carbocycles. The Kier molecular flexibility index (Phi) is 2.95. The van der Waals surface area contributed by atoms with E-state index in [1.165, 1.54) is 18.3 Å². The SMILES string of the molecule is O=C(O)c1cnc(COc2cccc(O)c2)[nH]1. The lowest BCUT2D eigenvalue weighted by atomic mass is 10.3. The Labute approximate surface area is 96.5 Å². The molecule has 3 N–H and O–H groups in total. The standard InChI is InChI=1S/C11H10N2O4/c14-7-2-1-3-8(4-7)17-6-10-12-5-9(13-10)11(15)16/h1-5,14H,6H2,(H,12,13)(H,15,16). The molecular weight excluding hydrogens is 224 g/mol. The molecule has 17 heavy (non-hydrogen) atoms. The summed E-state index contributed by atoms with van der Waals surface area (Å²) in [6.07, 6.45) is 1.23. The zero-order valence-electron chi connectivity index (χ0n) is 8.75. The molecule has 2 aromatic rings. The van der Waals surface area contributed by atoms with Crippen LogP contribution < -0.4 is 4.74 Å². The summed E-state index contributed by atoms with van der Waals surface area (Å²) in [5.74, 6) is -0.0710. The predicted octanol–water partition coefficient (Wildman–Crippen LogP) is 1.39. The van der Waals surface area contributed by atoms with E-state index in [1.54, 1.807) is 12.1 Å². The van der Waals surface area contributed by atoms with E-state index in [-0.39, 0.29) is 18.1 Å². The minimum Gasteiger partial charge on any atom is -0.508 e. The van der Waals surface area contributed by atoms with E-state index in [0.29, 0.717) is 11.6 Å². The summed E-state index contributed by atoms with van der Waals surface area (Å²) >= 11 is 0. The van der Waals surface area contributed by atoms with Crippen LogP contribution >= 0.6 is 0 Å². The first-order chi connectivity index (χ1) is 8.15. The summed E-state index contributed by atoms with van der Waals surface area (Å²) in [5, 5.41) is 17.9. The number of phenolic OH excluding ortho intramolecular Hbond substituents is 1. The van der Waals surface area contributed by atoms with Crippen LogP contribution in [-0.4, -0.2) is 26.2 Å². The first kappa shape index (κ1) is 11.0. The Morgan fingerprint density at radius 2 is 2.29 bits per heavy atom. The largest absolute Gasteiger partial charge is 0.508 e. The molecule has 88 valence electrons. The van der Waals surface area contributed by atoms with Crippen molar-refractivity contribution >= 4 is 5.97 Å². The molecule has 0 bridgehead atoms. The molecule has 0 spiro atoms. The highest BCUT2D eigenvalue weighted by atomic mass is 16.5. The van der Waals surface area contributed by atoms with Crippen molar-refractivity contribution in [3.05, 3.63) is 42.0 Å². The van der Waals surface area contributed by atoms with Crippen LogP contribution in [-0.2, 0) is 6.61 Å². The Bertz CT molecular complexity index is 536. The van der Waals surface area contributed by atoms with Gasteiger partial charge in [0.2, 0.25) is 0 Å². The number of nitrogens with one attached hydrogen (secondary N) is 1. The summed E-state index contributed by atoms with van der Waals surface area (Å²) in [4.78, 5) is 17.0. The van der Waals surface area contributed by atoms with Gasteiger partial charge >= 0.3 is 5.97 Å². The van der Waals surface area contributed by atoms with Crippen LogP contribution in [0.2, 0.25) is 0 Å². The molecule has 2 rings (SSSR count). The van der Waals surface area contributed by atoms with Crippen molar-refractivity contribution in [1.29, 1.82) is 0 Å². The van der Waals surface area contributed by atoms with Crippen molar-refractivity contribution in [1.82, 2.24) is 9.97 Å². The molecular formula is C11H10N2O4. The number of rotatable bonds is 4. The number of phenols is 1. The number of nitrogens with zero attached hydrogens (tertiary/aromatic N) is 1. The predicted molar refractivity (Wildman–Crippen MR) is 58.0 cm³/mol. The van der Waals surface area contributed by atoms with Crippen LogP contribution in [0.25, 0.3) is 0 Å². The van der Waals surface area contributed by atoms with Gasteiger partial charge in [-0.2, -0.15) is 0 Å². The van der Waals surface area contributed by atoms with Gasteiger partial charge in [0.15, 0.2) is 0 Å². The fourth-order valence-electron chi connectivity index (χ4n) is 1.27. The second kappa shape index (κ2) is 4.56. The van der Waals surface area contributed by atoms with Gasteiger partial charge in [0.05, 0.1) is 6.20 Å². The average molecular weight is 234 g/mol. The number of ether oxygens (including phenoxy) is 1. The molecule has 0 saturated heterocycles. The molecule has 1 heterocycles. The molecule has 6 nitrogen and oxygen atoms in total. The number of aromatic nitrogens is 2. The molecule has 0 amide bonds. The first-order valence-corrected chi connectivity index (χ1v) is 4.84. The zero-order valence-corrected chi connectivity index (χ0v) is 8.75. The number of hydrogen-bond acceptors (Lipinski definition) is 4. The second-order valence-corrected chi connectivity index (χ2v) is 3.33. The van der Waals surface area contributed by atoms with Gasteiger partial charge in [-0.25, -0.2) is 9.78 Å². The van der Waals surface area contributed by atoms with E-state index < -0.39 is 5.97 Å². The molecule has 0 fully saturated rings. The van der Waals surface area contributed by atoms with Gasteiger partial charge in [-0.05, 0) is 12.1 Å². The van der Waals surface area contributed by atoms with E-state index in [2.05, 4.69) is 9.97 Å². The van der Waals surface area contributed by atoms with Crippen molar-refractivity contribution < 1.29 is 19.7 Å². The van der Waals surface area contributed by atoms with Gasteiger partial charge < -0.3 is 19.9 Å². The van der Waals surface area contributed by atoms with Crippen molar-refractivity contribution in [3.63, 3.8) is 0 Å². The normalized spacial score (nSPS) is 10.1. The van der Waals surface area contributed by atoms with Crippen molar-refractivity contribution in [2.45, 2.75) is 6.61 Å². The lowest BCUT2D eigenvalue weighted by molar-refractivity contribution is 0.0691. The van der Waals surface area contributed by atoms with Gasteiger partial charge in [-0.15, -0.1) is 0 Å². The highest BCUT2D eigenvalue weighted by Crippen LogP contribution is 2.18. The monoisotopic (exact) mass is 234 g/mol. The van der Waals surface area contributed by atoms with Gasteiger partial charge in [0.25, 0.3) is 0 Å². The van der Waals surface area contributed by atoms with Crippen LogP contribution in [0.5, 0.6) is 11.5 Å². The average Bonchev–Trinajstić information content (AvgIpc) is 2.75. The maximum Gasteiger partial charge on any atom is 0.353 e. The molecule has 0 aliphatic rings. The molecule has 0 unspecified atom stereocenters. The summed E-state index contributed by atoms with van der Waals surface area (Å²) in [6.45, 7) is 0.108. The smallest absolute Gasteiger partial charge is 0.353 e. The van der Waals surface area contributed by atoms with Gasteiger partial charge in [0.1, 0.15) is 29.6 Å². The van der Waals surface area contributed by atoms with Gasteiger partial charge in [-0.1, -0.05) is 6.07 Å². The topological polar surface area (TPSA) is 95.4 Å². The summed E-state index contributed by atoms with van der Waals surface area (Å²) in [5.41, 5.74) is 0.0134. The zero-order chi connectivity index (χ0) is 12.3.